The van der Waals surface area contributed by atoms with Crippen LogP contribution in [-0.4, -0.2) is 26.0 Å². The van der Waals surface area contributed by atoms with Crippen molar-refractivity contribution >= 4 is 33.4 Å². The quantitative estimate of drug-likeness (QED) is 0.780. The van der Waals surface area contributed by atoms with Crippen molar-refractivity contribution in [2.75, 3.05) is 14.2 Å². The zero-order valence-electron chi connectivity index (χ0n) is 15.3. The van der Waals surface area contributed by atoms with Crippen molar-refractivity contribution in [3.63, 3.8) is 0 Å². The van der Waals surface area contributed by atoms with Gasteiger partial charge >= 0.3 is 0 Å². The standard InChI is InChI=1S/C21H18N2O4S/c1-26-15-7-3-13(4-8-15)17-11-21(19(24)22-23-20(21)25)12-18(28-17)14-5-9-16(27-2)10-6-14/h3-12H,1-2H3,(H,22,24)(H,23,25). The lowest BCUT2D eigenvalue weighted by atomic mass is 9.84. The summed E-state index contributed by atoms with van der Waals surface area (Å²) in [4.78, 5) is 26.8. The van der Waals surface area contributed by atoms with Crippen molar-refractivity contribution in [2.24, 2.45) is 5.41 Å². The fourth-order valence-corrected chi connectivity index (χ4v) is 4.35. The molecule has 0 saturated carbocycles. The number of ether oxygens (including phenoxy) is 2. The second-order valence-corrected chi connectivity index (χ2v) is 7.44. The van der Waals surface area contributed by atoms with Crippen LogP contribution in [-0.2, 0) is 9.59 Å². The van der Waals surface area contributed by atoms with Gasteiger partial charge < -0.3 is 9.47 Å². The minimum Gasteiger partial charge on any atom is -0.497 e. The number of carbonyl (C=O) groups is 2. The van der Waals surface area contributed by atoms with Crippen LogP contribution in [0, 0.1) is 5.41 Å². The summed E-state index contributed by atoms with van der Waals surface area (Å²) in [6.45, 7) is 0. The molecule has 2 amide bonds. The Hall–Kier alpha value is -3.19. The molecule has 28 heavy (non-hydrogen) atoms. The lowest BCUT2D eigenvalue weighted by molar-refractivity contribution is -0.129. The van der Waals surface area contributed by atoms with E-state index in [1.54, 1.807) is 26.4 Å². The first kappa shape index (κ1) is 18.2. The zero-order valence-corrected chi connectivity index (χ0v) is 16.1. The number of amides is 2. The molecule has 6 nitrogen and oxygen atoms in total. The molecule has 0 bridgehead atoms. The molecule has 2 aliphatic heterocycles. The lowest BCUT2D eigenvalue weighted by Crippen LogP contribution is -2.33. The summed E-state index contributed by atoms with van der Waals surface area (Å²) >= 11 is 1.51. The van der Waals surface area contributed by atoms with Crippen molar-refractivity contribution in [1.29, 1.82) is 0 Å². The maximum Gasteiger partial charge on any atom is 0.262 e. The van der Waals surface area contributed by atoms with Gasteiger partial charge in [0, 0.05) is 9.81 Å². The molecule has 0 aromatic heterocycles. The Morgan fingerprint density at radius 1 is 0.714 bits per heavy atom. The Labute approximate surface area is 166 Å². The van der Waals surface area contributed by atoms with E-state index in [9.17, 15) is 9.59 Å². The second kappa shape index (κ2) is 7.09. The molecule has 4 rings (SSSR count). The fourth-order valence-electron chi connectivity index (χ4n) is 3.11. The number of benzene rings is 2. The van der Waals surface area contributed by atoms with Gasteiger partial charge in [-0.1, -0.05) is 36.0 Å². The predicted octanol–water partition coefficient (Wildman–Crippen LogP) is 2.98. The highest BCUT2D eigenvalue weighted by Crippen LogP contribution is 2.49. The average Bonchev–Trinajstić information content (AvgIpc) is 3.01. The van der Waals surface area contributed by atoms with Gasteiger partial charge in [-0.3, -0.25) is 20.4 Å². The van der Waals surface area contributed by atoms with E-state index < -0.39 is 17.2 Å². The van der Waals surface area contributed by atoms with Crippen molar-refractivity contribution < 1.29 is 19.1 Å². The molecule has 142 valence electrons. The van der Waals surface area contributed by atoms with Gasteiger partial charge in [-0.2, -0.15) is 0 Å². The molecule has 1 saturated heterocycles. The molecule has 0 radical (unpaired) electrons. The van der Waals surface area contributed by atoms with E-state index in [0.29, 0.717) is 0 Å². The van der Waals surface area contributed by atoms with Crippen LogP contribution < -0.4 is 20.3 Å². The minimum absolute atomic E-state index is 0.394. The zero-order chi connectivity index (χ0) is 19.7. The molecule has 2 N–H and O–H groups in total. The van der Waals surface area contributed by atoms with Crippen molar-refractivity contribution in [3.05, 3.63) is 71.8 Å². The van der Waals surface area contributed by atoms with Crippen LogP contribution in [0.1, 0.15) is 11.1 Å². The average molecular weight is 394 g/mol. The lowest BCUT2D eigenvalue weighted by Gasteiger charge is -2.25. The first-order chi connectivity index (χ1) is 13.6. The molecule has 7 heteroatoms. The fraction of sp³-hybridized carbons (Fsp3) is 0.143. The largest absolute Gasteiger partial charge is 0.497 e. The van der Waals surface area contributed by atoms with Crippen LogP contribution in [0.5, 0.6) is 11.5 Å². The van der Waals surface area contributed by atoms with Crippen molar-refractivity contribution in [1.82, 2.24) is 10.9 Å². The van der Waals surface area contributed by atoms with Gasteiger partial charge in [0.25, 0.3) is 11.8 Å². The predicted molar refractivity (Wildman–Crippen MR) is 108 cm³/mol. The molecule has 0 aliphatic carbocycles. The number of hydrogen-bond acceptors (Lipinski definition) is 5. The van der Waals surface area contributed by atoms with Crippen molar-refractivity contribution in [2.45, 2.75) is 0 Å². The highest BCUT2D eigenvalue weighted by molar-refractivity contribution is 8.16. The number of hydrogen-bond donors (Lipinski definition) is 2. The molecule has 2 aliphatic rings. The van der Waals surface area contributed by atoms with Crippen LogP contribution in [0.3, 0.4) is 0 Å². The van der Waals surface area contributed by atoms with Gasteiger partial charge in [-0.15, -0.1) is 0 Å². The minimum atomic E-state index is -1.38. The monoisotopic (exact) mass is 394 g/mol. The summed E-state index contributed by atoms with van der Waals surface area (Å²) in [6.07, 6.45) is 3.42. The molecular formula is C21H18N2O4S. The van der Waals surface area contributed by atoms with Gasteiger partial charge in [0.15, 0.2) is 5.41 Å². The maximum atomic E-state index is 12.6. The van der Waals surface area contributed by atoms with E-state index >= 15 is 0 Å². The number of methoxy groups -OCH3 is 2. The van der Waals surface area contributed by atoms with Gasteiger partial charge in [-0.05, 0) is 47.5 Å². The number of carbonyl (C=O) groups excluding carboxylic acids is 2. The summed E-state index contributed by atoms with van der Waals surface area (Å²) in [6, 6.07) is 15.0. The third-order valence-electron chi connectivity index (χ3n) is 4.73. The molecule has 1 spiro atoms. The Morgan fingerprint density at radius 3 is 1.46 bits per heavy atom. The Morgan fingerprint density at radius 2 is 1.11 bits per heavy atom. The van der Waals surface area contributed by atoms with Crippen molar-refractivity contribution in [3.8, 4) is 11.5 Å². The van der Waals surface area contributed by atoms with Gasteiger partial charge in [0.1, 0.15) is 11.5 Å². The van der Waals surface area contributed by atoms with Gasteiger partial charge in [0.2, 0.25) is 0 Å². The normalized spacial score (nSPS) is 17.5. The van der Waals surface area contributed by atoms with E-state index in [0.717, 1.165) is 32.4 Å². The summed E-state index contributed by atoms with van der Waals surface area (Å²) in [5, 5.41) is 0. The van der Waals surface area contributed by atoms with Crippen LogP contribution in [0.2, 0.25) is 0 Å². The second-order valence-electron chi connectivity index (χ2n) is 6.35. The molecule has 2 aromatic carbocycles. The smallest absolute Gasteiger partial charge is 0.262 e. The Bertz CT molecular complexity index is 913. The number of thioether (sulfide) groups is 1. The maximum absolute atomic E-state index is 12.6. The van der Waals surface area contributed by atoms with Crippen LogP contribution in [0.4, 0.5) is 0 Å². The highest BCUT2D eigenvalue weighted by Gasteiger charge is 2.49. The van der Waals surface area contributed by atoms with Crippen LogP contribution in [0.15, 0.2) is 60.7 Å². The first-order valence-corrected chi connectivity index (χ1v) is 9.41. The third-order valence-corrected chi connectivity index (χ3v) is 5.87. The van der Waals surface area contributed by atoms with Gasteiger partial charge in [-0.25, -0.2) is 0 Å². The summed E-state index contributed by atoms with van der Waals surface area (Å²) in [5.74, 6) is 0.689. The molecule has 1 fully saturated rings. The molecule has 2 heterocycles. The van der Waals surface area contributed by atoms with Crippen LogP contribution >= 0.6 is 11.8 Å². The topological polar surface area (TPSA) is 76.7 Å². The Balaban J connectivity index is 1.80. The molecule has 0 atom stereocenters. The summed E-state index contributed by atoms with van der Waals surface area (Å²) < 4.78 is 10.4. The van der Waals surface area contributed by atoms with Gasteiger partial charge in [0.05, 0.1) is 14.2 Å². The third kappa shape index (κ3) is 3.03. The van der Waals surface area contributed by atoms with Crippen LogP contribution in [0.25, 0.3) is 9.81 Å². The molecular weight excluding hydrogens is 376 g/mol. The highest BCUT2D eigenvalue weighted by atomic mass is 32.2. The number of rotatable bonds is 4. The van der Waals surface area contributed by atoms with E-state index in [1.165, 1.54) is 11.8 Å². The molecule has 0 unspecified atom stereocenters. The van der Waals surface area contributed by atoms with E-state index in [2.05, 4.69) is 10.9 Å². The first-order valence-electron chi connectivity index (χ1n) is 8.59. The van der Waals surface area contributed by atoms with E-state index in [1.807, 2.05) is 48.5 Å². The summed E-state index contributed by atoms with van der Waals surface area (Å²) in [7, 11) is 3.21. The number of hydrazine groups is 1. The Kier molecular flexibility index (Phi) is 4.60. The molecule has 2 aromatic rings. The summed E-state index contributed by atoms with van der Waals surface area (Å²) in [5.41, 5.74) is 5.29. The van der Waals surface area contributed by atoms with E-state index in [-0.39, 0.29) is 0 Å². The van der Waals surface area contributed by atoms with E-state index in [4.69, 9.17) is 9.47 Å². The number of nitrogens with one attached hydrogen (secondary N) is 2. The SMILES string of the molecule is COc1ccc(C2=CC3(C=C(c4ccc(OC)cc4)S2)C(=O)NNC3=O)cc1.